The first kappa shape index (κ1) is 28.1. The van der Waals surface area contributed by atoms with Crippen molar-refractivity contribution in [2.45, 2.75) is 57.7 Å². The van der Waals surface area contributed by atoms with E-state index >= 15 is 0 Å². The zero-order chi connectivity index (χ0) is 27.3. The molecule has 202 valence electrons. The minimum absolute atomic E-state index is 0.103. The minimum atomic E-state index is -3.81. The number of benzene rings is 3. The molecule has 1 aliphatic rings. The molecule has 0 heterocycles. The van der Waals surface area contributed by atoms with E-state index in [4.69, 9.17) is 0 Å². The van der Waals surface area contributed by atoms with E-state index in [-0.39, 0.29) is 18.5 Å². The SMILES string of the molecule is C[C@@H](C(=O)NC1CCCCC1)N(Cc1ccc(Br)cc1)C(=O)CN(c1cccc2ccccc12)S(C)(=O)=O. The van der Waals surface area contributed by atoms with Gasteiger partial charge in [-0.1, -0.05) is 83.7 Å². The summed E-state index contributed by atoms with van der Waals surface area (Å²) in [5.74, 6) is -0.670. The van der Waals surface area contributed by atoms with Gasteiger partial charge in [-0.25, -0.2) is 8.42 Å². The second-order valence-electron chi connectivity index (χ2n) is 9.94. The lowest BCUT2D eigenvalue weighted by atomic mass is 9.95. The van der Waals surface area contributed by atoms with Crippen LogP contribution >= 0.6 is 15.9 Å². The maximum absolute atomic E-state index is 13.8. The Morgan fingerprint density at radius 1 is 0.974 bits per heavy atom. The first-order valence-corrected chi connectivity index (χ1v) is 15.6. The van der Waals surface area contributed by atoms with Crippen LogP contribution in [-0.2, 0) is 26.2 Å². The molecule has 4 rings (SSSR count). The summed E-state index contributed by atoms with van der Waals surface area (Å²) in [6, 6.07) is 19.7. The van der Waals surface area contributed by atoms with Gasteiger partial charge in [0, 0.05) is 22.4 Å². The Labute approximate surface area is 233 Å². The number of amides is 2. The molecule has 1 N–H and O–H groups in total. The van der Waals surface area contributed by atoms with Crippen molar-refractivity contribution in [3.63, 3.8) is 0 Å². The summed E-state index contributed by atoms with van der Waals surface area (Å²) < 4.78 is 28.0. The topological polar surface area (TPSA) is 86.8 Å². The highest BCUT2D eigenvalue weighted by Gasteiger charge is 2.31. The maximum Gasteiger partial charge on any atom is 0.244 e. The van der Waals surface area contributed by atoms with Crippen molar-refractivity contribution in [1.82, 2.24) is 10.2 Å². The highest BCUT2D eigenvalue weighted by molar-refractivity contribution is 9.10. The molecule has 1 saturated carbocycles. The fourth-order valence-corrected chi connectivity index (χ4v) is 6.08. The van der Waals surface area contributed by atoms with Crippen LogP contribution in [0.2, 0.25) is 0 Å². The van der Waals surface area contributed by atoms with E-state index in [1.165, 1.54) is 11.3 Å². The Morgan fingerprint density at radius 3 is 2.32 bits per heavy atom. The quantitative estimate of drug-likeness (QED) is 0.364. The summed E-state index contributed by atoms with van der Waals surface area (Å²) in [6.45, 7) is 1.47. The van der Waals surface area contributed by atoms with Gasteiger partial charge in [-0.2, -0.15) is 0 Å². The van der Waals surface area contributed by atoms with Crippen molar-refractivity contribution in [3.05, 3.63) is 76.8 Å². The van der Waals surface area contributed by atoms with Gasteiger partial charge in [0.1, 0.15) is 12.6 Å². The molecule has 0 aromatic heterocycles. The third-order valence-corrected chi connectivity index (χ3v) is 8.75. The molecule has 2 amide bonds. The molecule has 0 saturated heterocycles. The number of anilines is 1. The monoisotopic (exact) mass is 599 g/mol. The Morgan fingerprint density at radius 2 is 1.63 bits per heavy atom. The predicted molar refractivity (Wildman–Crippen MR) is 155 cm³/mol. The molecule has 3 aromatic rings. The van der Waals surface area contributed by atoms with E-state index in [2.05, 4.69) is 21.2 Å². The van der Waals surface area contributed by atoms with E-state index in [0.717, 1.165) is 57.1 Å². The molecule has 0 aliphatic heterocycles. The zero-order valence-electron chi connectivity index (χ0n) is 21.8. The van der Waals surface area contributed by atoms with Crippen LogP contribution in [0.15, 0.2) is 71.2 Å². The molecule has 3 aromatic carbocycles. The van der Waals surface area contributed by atoms with Crippen LogP contribution in [-0.4, -0.2) is 50.0 Å². The van der Waals surface area contributed by atoms with Gasteiger partial charge < -0.3 is 10.2 Å². The van der Waals surface area contributed by atoms with Gasteiger partial charge >= 0.3 is 0 Å². The number of rotatable bonds is 9. The van der Waals surface area contributed by atoms with Gasteiger partial charge in [0.05, 0.1) is 11.9 Å². The Bertz CT molecular complexity index is 1380. The fourth-order valence-electron chi connectivity index (χ4n) is 4.96. The summed E-state index contributed by atoms with van der Waals surface area (Å²) in [4.78, 5) is 28.6. The second-order valence-corrected chi connectivity index (χ2v) is 12.8. The number of sulfonamides is 1. The first-order valence-electron chi connectivity index (χ1n) is 12.9. The number of nitrogens with zero attached hydrogens (tertiary/aromatic N) is 2. The van der Waals surface area contributed by atoms with E-state index in [0.29, 0.717) is 5.69 Å². The van der Waals surface area contributed by atoms with Crippen LogP contribution in [0.3, 0.4) is 0 Å². The lowest BCUT2D eigenvalue weighted by molar-refractivity contribution is -0.139. The highest BCUT2D eigenvalue weighted by Crippen LogP contribution is 2.29. The molecule has 7 nitrogen and oxygen atoms in total. The van der Waals surface area contributed by atoms with Crippen LogP contribution in [0.4, 0.5) is 5.69 Å². The average molecular weight is 601 g/mol. The summed E-state index contributed by atoms with van der Waals surface area (Å²) >= 11 is 3.43. The van der Waals surface area contributed by atoms with Crippen molar-refractivity contribution >= 4 is 54.2 Å². The van der Waals surface area contributed by atoms with Crippen molar-refractivity contribution in [3.8, 4) is 0 Å². The predicted octanol–water partition coefficient (Wildman–Crippen LogP) is 5.23. The summed E-state index contributed by atoms with van der Waals surface area (Å²) in [7, 11) is -3.81. The summed E-state index contributed by atoms with van der Waals surface area (Å²) in [5, 5.41) is 4.72. The van der Waals surface area contributed by atoms with Crippen LogP contribution in [0.25, 0.3) is 10.8 Å². The number of hydrogen-bond donors (Lipinski definition) is 1. The number of nitrogens with one attached hydrogen (secondary N) is 1. The number of halogens is 1. The molecular weight excluding hydrogens is 566 g/mol. The van der Waals surface area contributed by atoms with Gasteiger partial charge in [-0.3, -0.25) is 13.9 Å². The number of carbonyl (C=O) groups excluding carboxylic acids is 2. The Balaban J connectivity index is 1.64. The normalized spacial score (nSPS) is 15.1. The van der Waals surface area contributed by atoms with Gasteiger partial charge in [-0.15, -0.1) is 0 Å². The summed E-state index contributed by atoms with van der Waals surface area (Å²) in [5.41, 5.74) is 1.27. The third-order valence-electron chi connectivity index (χ3n) is 7.10. The average Bonchev–Trinajstić information content (AvgIpc) is 2.90. The van der Waals surface area contributed by atoms with Crippen LogP contribution < -0.4 is 9.62 Å². The zero-order valence-corrected chi connectivity index (χ0v) is 24.2. The lowest BCUT2D eigenvalue weighted by Gasteiger charge is -2.33. The molecule has 0 unspecified atom stereocenters. The molecular formula is C29H34BrN3O4S. The third kappa shape index (κ3) is 6.94. The minimum Gasteiger partial charge on any atom is -0.352 e. The van der Waals surface area contributed by atoms with Crippen molar-refractivity contribution in [2.75, 3.05) is 17.1 Å². The van der Waals surface area contributed by atoms with E-state index in [9.17, 15) is 18.0 Å². The molecule has 0 radical (unpaired) electrons. The highest BCUT2D eigenvalue weighted by atomic mass is 79.9. The van der Waals surface area contributed by atoms with Crippen LogP contribution in [0.1, 0.15) is 44.6 Å². The molecule has 1 fully saturated rings. The molecule has 1 aliphatic carbocycles. The van der Waals surface area contributed by atoms with Crippen molar-refractivity contribution in [2.24, 2.45) is 0 Å². The molecule has 1 atom stereocenters. The van der Waals surface area contributed by atoms with Crippen molar-refractivity contribution < 1.29 is 18.0 Å². The molecule has 9 heteroatoms. The van der Waals surface area contributed by atoms with Gasteiger partial charge in [0.15, 0.2) is 0 Å². The molecule has 38 heavy (non-hydrogen) atoms. The number of fused-ring (bicyclic) bond motifs is 1. The largest absolute Gasteiger partial charge is 0.352 e. The van der Waals surface area contributed by atoms with Crippen LogP contribution in [0.5, 0.6) is 0 Å². The standard InChI is InChI=1S/C29H34BrN3O4S/c1-21(29(35)31-25-11-4-3-5-12-25)32(19-22-15-17-24(30)18-16-22)28(34)20-33(38(2,36)37)27-14-8-10-23-9-6-7-13-26(23)27/h6-10,13-18,21,25H,3-5,11-12,19-20H2,1-2H3,(H,31,35)/t21-/m0/s1. The molecule has 0 bridgehead atoms. The van der Waals surface area contributed by atoms with Gasteiger partial charge in [0.2, 0.25) is 21.8 Å². The second kappa shape index (κ2) is 12.3. The first-order chi connectivity index (χ1) is 18.1. The van der Waals surface area contributed by atoms with Gasteiger partial charge in [0.25, 0.3) is 0 Å². The van der Waals surface area contributed by atoms with E-state index < -0.39 is 28.5 Å². The van der Waals surface area contributed by atoms with E-state index in [1.54, 1.807) is 19.1 Å². The Hall–Kier alpha value is -2.91. The maximum atomic E-state index is 13.8. The fraction of sp³-hybridized carbons (Fsp3) is 0.379. The smallest absolute Gasteiger partial charge is 0.244 e. The Kier molecular flexibility index (Phi) is 9.10. The summed E-state index contributed by atoms with van der Waals surface area (Å²) in [6.07, 6.45) is 6.29. The number of hydrogen-bond acceptors (Lipinski definition) is 4. The lowest BCUT2D eigenvalue weighted by Crippen LogP contribution is -2.53. The number of carbonyl (C=O) groups is 2. The van der Waals surface area contributed by atoms with Crippen LogP contribution in [0, 0.1) is 0 Å². The van der Waals surface area contributed by atoms with E-state index in [1.807, 2.05) is 54.6 Å². The molecule has 0 spiro atoms. The van der Waals surface area contributed by atoms with Crippen molar-refractivity contribution in [1.29, 1.82) is 0 Å². The van der Waals surface area contributed by atoms with Gasteiger partial charge in [-0.05, 0) is 48.9 Å².